The second kappa shape index (κ2) is 6.22. The van der Waals surface area contributed by atoms with Crippen LogP contribution >= 0.6 is 0 Å². The molecule has 1 fully saturated rings. The van der Waals surface area contributed by atoms with Gasteiger partial charge in [0.25, 0.3) is 0 Å². The molecule has 2 heterocycles. The van der Waals surface area contributed by atoms with Crippen LogP contribution in [0.3, 0.4) is 0 Å². The van der Waals surface area contributed by atoms with Crippen molar-refractivity contribution in [2.75, 3.05) is 31.1 Å². The Morgan fingerprint density at radius 1 is 0.952 bits per heavy atom. The quantitative estimate of drug-likeness (QED) is 0.939. The first kappa shape index (κ1) is 14.0. The number of anilines is 1. The summed E-state index contributed by atoms with van der Waals surface area (Å²) in [7, 11) is 0. The van der Waals surface area contributed by atoms with Crippen molar-refractivity contribution in [1.29, 1.82) is 0 Å². The van der Waals surface area contributed by atoms with Crippen LogP contribution in [0.2, 0.25) is 0 Å². The van der Waals surface area contributed by atoms with Gasteiger partial charge in [0.2, 0.25) is 0 Å². The molecule has 4 nitrogen and oxygen atoms in total. The van der Waals surface area contributed by atoms with Crippen molar-refractivity contribution in [3.05, 3.63) is 42.0 Å². The molecule has 0 aliphatic carbocycles. The van der Waals surface area contributed by atoms with Gasteiger partial charge in [0, 0.05) is 31.7 Å². The lowest BCUT2D eigenvalue weighted by Gasteiger charge is -2.27. The smallest absolute Gasteiger partial charge is 0.151 e. The normalized spacial score (nSPS) is 15.5. The van der Waals surface area contributed by atoms with Crippen LogP contribution in [-0.4, -0.2) is 36.4 Å². The fourth-order valence-electron chi connectivity index (χ4n) is 2.58. The molecule has 0 saturated carbocycles. The third-order valence-corrected chi connectivity index (χ3v) is 3.96. The number of nitrogens with one attached hydrogen (secondary N) is 1. The van der Waals surface area contributed by atoms with E-state index in [1.54, 1.807) is 0 Å². The molecule has 1 N–H and O–H groups in total. The molecular formula is C17H22N4. The zero-order valence-corrected chi connectivity index (χ0v) is 12.7. The van der Waals surface area contributed by atoms with Gasteiger partial charge >= 0.3 is 0 Å². The molecular weight excluding hydrogens is 260 g/mol. The molecule has 0 unspecified atom stereocenters. The summed E-state index contributed by atoms with van der Waals surface area (Å²) in [5, 5.41) is 12.1. The maximum Gasteiger partial charge on any atom is 0.151 e. The van der Waals surface area contributed by atoms with E-state index < -0.39 is 0 Å². The van der Waals surface area contributed by atoms with Gasteiger partial charge in [-0.1, -0.05) is 38.1 Å². The molecule has 1 aromatic carbocycles. The molecule has 4 heteroatoms. The summed E-state index contributed by atoms with van der Waals surface area (Å²) in [6, 6.07) is 12.7. The number of benzene rings is 1. The number of rotatable bonds is 3. The Balaban J connectivity index is 1.76. The van der Waals surface area contributed by atoms with E-state index in [2.05, 4.69) is 70.7 Å². The molecule has 1 aromatic heterocycles. The van der Waals surface area contributed by atoms with Gasteiger partial charge in [-0.3, -0.25) is 0 Å². The molecule has 0 radical (unpaired) electrons. The Bertz CT molecular complexity index is 569. The Kier molecular flexibility index (Phi) is 4.15. The lowest BCUT2D eigenvalue weighted by atomic mass is 10.0. The number of hydrogen-bond donors (Lipinski definition) is 1. The molecule has 1 saturated heterocycles. The lowest BCUT2D eigenvalue weighted by molar-refractivity contribution is 0.583. The standard InChI is InChI=1S/C17H22N4/c1-13(2)14-3-5-15(6-4-14)16-7-8-17(20-19-16)21-11-9-18-10-12-21/h3-8,13,18H,9-12H2,1-2H3. The van der Waals surface area contributed by atoms with Gasteiger partial charge in [0.05, 0.1) is 5.69 Å². The summed E-state index contributed by atoms with van der Waals surface area (Å²) in [6.45, 7) is 8.43. The van der Waals surface area contributed by atoms with Gasteiger partial charge in [0.15, 0.2) is 5.82 Å². The minimum Gasteiger partial charge on any atom is -0.353 e. The highest BCUT2D eigenvalue weighted by Crippen LogP contribution is 2.22. The molecule has 0 spiro atoms. The summed E-state index contributed by atoms with van der Waals surface area (Å²) in [4.78, 5) is 2.27. The summed E-state index contributed by atoms with van der Waals surface area (Å²) < 4.78 is 0. The molecule has 0 atom stereocenters. The Labute approximate surface area is 126 Å². The fraction of sp³-hybridized carbons (Fsp3) is 0.412. The molecule has 0 amide bonds. The lowest BCUT2D eigenvalue weighted by Crippen LogP contribution is -2.43. The van der Waals surface area contributed by atoms with E-state index in [0.717, 1.165) is 43.3 Å². The van der Waals surface area contributed by atoms with Crippen molar-refractivity contribution in [3.63, 3.8) is 0 Å². The SMILES string of the molecule is CC(C)c1ccc(-c2ccc(N3CCNCC3)nn2)cc1. The van der Waals surface area contributed by atoms with E-state index in [1.807, 2.05) is 0 Å². The summed E-state index contributed by atoms with van der Waals surface area (Å²) in [6.07, 6.45) is 0. The Morgan fingerprint density at radius 2 is 1.67 bits per heavy atom. The van der Waals surface area contributed by atoms with Gasteiger partial charge in [-0.25, -0.2) is 0 Å². The van der Waals surface area contributed by atoms with E-state index in [-0.39, 0.29) is 0 Å². The van der Waals surface area contributed by atoms with Crippen LogP contribution in [0, 0.1) is 0 Å². The fourth-order valence-corrected chi connectivity index (χ4v) is 2.58. The van der Waals surface area contributed by atoms with Crippen LogP contribution in [0.15, 0.2) is 36.4 Å². The summed E-state index contributed by atoms with van der Waals surface area (Å²) in [5.74, 6) is 1.53. The van der Waals surface area contributed by atoms with Crippen molar-refractivity contribution in [1.82, 2.24) is 15.5 Å². The average molecular weight is 282 g/mol. The number of hydrogen-bond acceptors (Lipinski definition) is 4. The topological polar surface area (TPSA) is 41.0 Å². The van der Waals surface area contributed by atoms with Gasteiger partial charge in [-0.05, 0) is 23.6 Å². The molecule has 3 rings (SSSR count). The third-order valence-electron chi connectivity index (χ3n) is 3.96. The predicted molar refractivity (Wildman–Crippen MR) is 86.6 cm³/mol. The van der Waals surface area contributed by atoms with Crippen molar-refractivity contribution < 1.29 is 0 Å². The van der Waals surface area contributed by atoms with E-state index in [0.29, 0.717) is 5.92 Å². The number of piperazine rings is 1. The van der Waals surface area contributed by atoms with Gasteiger partial charge in [-0.15, -0.1) is 10.2 Å². The first-order valence-corrected chi connectivity index (χ1v) is 7.64. The molecule has 0 bridgehead atoms. The zero-order valence-electron chi connectivity index (χ0n) is 12.7. The van der Waals surface area contributed by atoms with Crippen LogP contribution in [0.1, 0.15) is 25.3 Å². The Hall–Kier alpha value is -1.94. The van der Waals surface area contributed by atoms with Crippen LogP contribution < -0.4 is 10.2 Å². The van der Waals surface area contributed by atoms with Crippen molar-refractivity contribution in [2.24, 2.45) is 0 Å². The largest absolute Gasteiger partial charge is 0.353 e. The maximum absolute atomic E-state index is 4.39. The minimum atomic E-state index is 0.556. The number of nitrogens with zero attached hydrogens (tertiary/aromatic N) is 3. The third kappa shape index (κ3) is 3.22. The van der Waals surface area contributed by atoms with Crippen molar-refractivity contribution in [3.8, 4) is 11.3 Å². The highest BCUT2D eigenvalue weighted by molar-refractivity contribution is 5.60. The zero-order chi connectivity index (χ0) is 14.7. The molecule has 1 aliphatic rings. The molecule has 110 valence electrons. The second-order valence-corrected chi connectivity index (χ2v) is 5.79. The molecule has 21 heavy (non-hydrogen) atoms. The van der Waals surface area contributed by atoms with Crippen LogP contribution in [0.5, 0.6) is 0 Å². The van der Waals surface area contributed by atoms with Crippen LogP contribution in [-0.2, 0) is 0 Å². The first-order chi connectivity index (χ1) is 10.2. The van der Waals surface area contributed by atoms with E-state index in [1.165, 1.54) is 5.56 Å². The monoisotopic (exact) mass is 282 g/mol. The molecule has 2 aromatic rings. The van der Waals surface area contributed by atoms with Crippen molar-refractivity contribution in [2.45, 2.75) is 19.8 Å². The average Bonchev–Trinajstić information content (AvgIpc) is 2.56. The Morgan fingerprint density at radius 3 is 2.24 bits per heavy atom. The van der Waals surface area contributed by atoms with Gasteiger partial charge < -0.3 is 10.2 Å². The van der Waals surface area contributed by atoms with Crippen LogP contribution in [0.25, 0.3) is 11.3 Å². The minimum absolute atomic E-state index is 0.556. The van der Waals surface area contributed by atoms with Gasteiger partial charge in [0.1, 0.15) is 0 Å². The molecule has 1 aliphatic heterocycles. The number of aromatic nitrogens is 2. The predicted octanol–water partition coefficient (Wildman–Crippen LogP) is 2.68. The van der Waals surface area contributed by atoms with Crippen molar-refractivity contribution >= 4 is 5.82 Å². The summed E-state index contributed by atoms with van der Waals surface area (Å²) in [5.41, 5.74) is 3.41. The van der Waals surface area contributed by atoms with E-state index >= 15 is 0 Å². The first-order valence-electron chi connectivity index (χ1n) is 7.64. The van der Waals surface area contributed by atoms with Crippen LogP contribution in [0.4, 0.5) is 5.82 Å². The maximum atomic E-state index is 4.39. The van der Waals surface area contributed by atoms with Gasteiger partial charge in [-0.2, -0.15) is 0 Å². The second-order valence-electron chi connectivity index (χ2n) is 5.79. The van der Waals surface area contributed by atoms with E-state index in [9.17, 15) is 0 Å². The highest BCUT2D eigenvalue weighted by Gasteiger charge is 2.12. The van der Waals surface area contributed by atoms with E-state index in [4.69, 9.17) is 0 Å². The highest BCUT2D eigenvalue weighted by atomic mass is 15.3. The summed E-state index contributed by atoms with van der Waals surface area (Å²) >= 11 is 0.